The molecule has 0 N–H and O–H groups in total. The van der Waals surface area contributed by atoms with Crippen LogP contribution in [-0.2, 0) is 0 Å². The van der Waals surface area contributed by atoms with E-state index in [1.165, 1.54) is 0 Å². The molecule has 1 heterocycles. The molecule has 7 heteroatoms. The maximum atomic E-state index is 13.2. The molecule has 1 aromatic carbocycles. The molecule has 0 saturated carbocycles. The predicted molar refractivity (Wildman–Crippen MR) is 84.4 cm³/mol. The summed E-state index contributed by atoms with van der Waals surface area (Å²) in [6.45, 7) is 0.315. The summed E-state index contributed by atoms with van der Waals surface area (Å²) in [5, 5.41) is 0. The second-order valence-electron chi connectivity index (χ2n) is 4.80. The monoisotopic (exact) mass is 406 g/mol. The Morgan fingerprint density at radius 1 is 1.10 bits per heavy atom. The fourth-order valence-electron chi connectivity index (χ4n) is 2.04. The van der Waals surface area contributed by atoms with Crippen LogP contribution in [0.2, 0.25) is 0 Å². The van der Waals surface area contributed by atoms with Crippen molar-refractivity contribution in [1.82, 2.24) is 9.13 Å². The summed E-state index contributed by atoms with van der Waals surface area (Å²) in [5.74, 6) is -0.356. The Hall–Kier alpha value is -1.51. The lowest BCUT2D eigenvalue weighted by Crippen LogP contribution is -2.40. The van der Waals surface area contributed by atoms with Crippen LogP contribution in [0.25, 0.3) is 5.69 Å². The first-order valence-electron chi connectivity index (χ1n) is 6.25. The van der Waals surface area contributed by atoms with E-state index in [1.54, 1.807) is 38.1 Å². The van der Waals surface area contributed by atoms with Gasteiger partial charge in [0, 0.05) is 15.3 Å². The number of aromatic nitrogens is 2. The van der Waals surface area contributed by atoms with Crippen molar-refractivity contribution >= 4 is 22.6 Å². The van der Waals surface area contributed by atoms with E-state index in [-0.39, 0.29) is 17.3 Å². The molecule has 2 rings (SSSR count). The van der Waals surface area contributed by atoms with Gasteiger partial charge in [-0.15, -0.1) is 0 Å². The summed E-state index contributed by atoms with van der Waals surface area (Å²) < 4.78 is 28.4. The van der Waals surface area contributed by atoms with Crippen LogP contribution in [-0.4, -0.2) is 9.13 Å². The Bertz CT molecular complexity index is 764. The Labute approximate surface area is 133 Å². The minimum absolute atomic E-state index is 0.0294. The first-order chi connectivity index (χ1) is 9.82. The quantitative estimate of drug-likeness (QED) is 0.736. The van der Waals surface area contributed by atoms with Crippen LogP contribution in [0.15, 0.2) is 39.9 Å². The molecule has 0 radical (unpaired) electrons. The van der Waals surface area contributed by atoms with Crippen molar-refractivity contribution in [3.8, 4) is 5.69 Å². The maximum absolute atomic E-state index is 13.2. The second kappa shape index (κ2) is 6.08. The Morgan fingerprint density at radius 3 is 2.14 bits per heavy atom. The number of hydrogen-bond donors (Lipinski definition) is 0. The third kappa shape index (κ3) is 3.07. The highest BCUT2D eigenvalue weighted by Gasteiger charge is 2.20. The summed E-state index contributed by atoms with van der Waals surface area (Å²) in [6, 6.07) is 7.59. The molecule has 112 valence electrons. The third-order valence-corrected chi connectivity index (χ3v) is 3.76. The second-order valence-corrected chi connectivity index (χ2v) is 6.05. The average Bonchev–Trinajstić information content (AvgIpc) is 2.39. The number of hydrogen-bond acceptors (Lipinski definition) is 2. The lowest BCUT2D eigenvalue weighted by Gasteiger charge is -2.16. The lowest BCUT2D eigenvalue weighted by atomic mass is 10.1. The van der Waals surface area contributed by atoms with Crippen LogP contribution in [0.5, 0.6) is 0 Å². The molecule has 21 heavy (non-hydrogen) atoms. The Balaban J connectivity index is 2.80. The lowest BCUT2D eigenvalue weighted by molar-refractivity contribution is 0.0597. The van der Waals surface area contributed by atoms with Gasteiger partial charge in [0.2, 0.25) is 0 Å². The van der Waals surface area contributed by atoms with Gasteiger partial charge >= 0.3 is 12.2 Å². The molecule has 2 aromatic rings. The molecule has 0 aliphatic heterocycles. The van der Waals surface area contributed by atoms with E-state index in [0.717, 1.165) is 14.2 Å². The number of rotatable bonds is 3. The summed E-state index contributed by atoms with van der Waals surface area (Å²) >= 11 is 2.07. The molecule has 0 unspecified atom stereocenters. The third-order valence-electron chi connectivity index (χ3n) is 3.04. The Kier molecular flexibility index (Phi) is 4.60. The van der Waals surface area contributed by atoms with Crippen molar-refractivity contribution in [3.63, 3.8) is 0 Å². The van der Waals surface area contributed by atoms with Gasteiger partial charge < -0.3 is 0 Å². The fraction of sp³-hybridized carbons (Fsp3) is 0.286. The van der Waals surface area contributed by atoms with Crippen molar-refractivity contribution in [1.29, 1.82) is 0 Å². The van der Waals surface area contributed by atoms with Crippen molar-refractivity contribution in [2.45, 2.75) is 26.3 Å². The Morgan fingerprint density at radius 2 is 1.67 bits per heavy atom. The van der Waals surface area contributed by atoms with Crippen LogP contribution in [0.1, 0.15) is 32.0 Å². The molecule has 0 aliphatic rings. The highest BCUT2D eigenvalue weighted by Crippen LogP contribution is 2.17. The number of benzene rings is 1. The molecule has 1 aromatic heterocycles. The van der Waals surface area contributed by atoms with E-state index < -0.39 is 17.8 Å². The van der Waals surface area contributed by atoms with E-state index in [0.29, 0.717) is 4.57 Å². The van der Waals surface area contributed by atoms with E-state index in [9.17, 15) is 18.4 Å². The summed E-state index contributed by atoms with van der Waals surface area (Å²) in [4.78, 5) is 24.4. The van der Waals surface area contributed by atoms with Crippen LogP contribution in [0.4, 0.5) is 8.78 Å². The summed E-state index contributed by atoms with van der Waals surface area (Å²) in [7, 11) is 0. The molecular weight excluding hydrogens is 393 g/mol. The van der Waals surface area contributed by atoms with Gasteiger partial charge in [0.1, 0.15) is 0 Å². The van der Waals surface area contributed by atoms with E-state index in [2.05, 4.69) is 22.6 Å². The van der Waals surface area contributed by atoms with Gasteiger partial charge in [-0.2, -0.15) is 8.78 Å². The topological polar surface area (TPSA) is 44.0 Å². The van der Waals surface area contributed by atoms with Crippen LogP contribution >= 0.6 is 22.6 Å². The smallest absolute Gasteiger partial charge is 0.269 e. The molecular formula is C14H13F2IN2O2. The highest BCUT2D eigenvalue weighted by atomic mass is 127. The van der Waals surface area contributed by atoms with Crippen molar-refractivity contribution < 1.29 is 8.78 Å². The van der Waals surface area contributed by atoms with E-state index >= 15 is 0 Å². The summed E-state index contributed by atoms with van der Waals surface area (Å²) in [6.07, 6.45) is 0. The zero-order valence-electron chi connectivity index (χ0n) is 11.4. The van der Waals surface area contributed by atoms with E-state index in [1.807, 2.05) is 0 Å². The average molecular weight is 406 g/mol. The fourth-order valence-corrected chi connectivity index (χ4v) is 2.40. The van der Waals surface area contributed by atoms with Gasteiger partial charge in [-0.05, 0) is 52.8 Å². The molecule has 4 nitrogen and oxygen atoms in total. The molecule has 0 amide bonds. The maximum Gasteiger partial charge on any atom is 0.340 e. The van der Waals surface area contributed by atoms with Crippen molar-refractivity contribution in [2.24, 2.45) is 0 Å². The zero-order valence-corrected chi connectivity index (χ0v) is 13.5. The first kappa shape index (κ1) is 15.9. The van der Waals surface area contributed by atoms with Gasteiger partial charge in [0.25, 0.3) is 5.56 Å². The first-order valence-corrected chi connectivity index (χ1v) is 7.33. The standard InChI is InChI=1S/C14H13F2IN2O2/c1-8(2)11-7-12(20)18(14(21)19(11)13(15)16)10-5-3-9(17)4-6-10/h3-8,13H,1-2H3. The molecule has 0 fully saturated rings. The van der Waals surface area contributed by atoms with Gasteiger partial charge in [-0.25, -0.2) is 13.9 Å². The molecule has 0 aliphatic carbocycles. The molecule has 0 bridgehead atoms. The van der Waals surface area contributed by atoms with Crippen LogP contribution in [0.3, 0.4) is 0 Å². The molecule has 0 spiro atoms. The van der Waals surface area contributed by atoms with Gasteiger partial charge in [-0.3, -0.25) is 4.79 Å². The summed E-state index contributed by atoms with van der Waals surface area (Å²) in [5.41, 5.74) is -1.33. The van der Waals surface area contributed by atoms with Gasteiger partial charge in [0.05, 0.1) is 5.69 Å². The number of alkyl halides is 2. The number of nitrogens with zero attached hydrogens (tertiary/aromatic N) is 2. The predicted octanol–water partition coefficient (Wildman–Crippen LogP) is 3.12. The van der Waals surface area contributed by atoms with Crippen LogP contribution < -0.4 is 11.2 Å². The van der Waals surface area contributed by atoms with Gasteiger partial charge in [0.15, 0.2) is 0 Å². The molecule has 0 saturated heterocycles. The minimum Gasteiger partial charge on any atom is -0.269 e. The number of halogens is 3. The largest absolute Gasteiger partial charge is 0.340 e. The SMILES string of the molecule is CC(C)c1cc(=O)n(-c2ccc(I)cc2)c(=O)n1C(F)F. The van der Waals surface area contributed by atoms with E-state index in [4.69, 9.17) is 0 Å². The minimum atomic E-state index is -2.99. The normalized spacial score (nSPS) is 11.4. The molecule has 0 atom stereocenters. The zero-order chi connectivity index (χ0) is 15.7. The highest BCUT2D eigenvalue weighted by molar-refractivity contribution is 14.1. The van der Waals surface area contributed by atoms with Crippen LogP contribution in [0, 0.1) is 3.57 Å². The van der Waals surface area contributed by atoms with Crippen molar-refractivity contribution in [2.75, 3.05) is 0 Å². The van der Waals surface area contributed by atoms with Crippen molar-refractivity contribution in [3.05, 3.63) is 60.4 Å². The van der Waals surface area contributed by atoms with Gasteiger partial charge in [-0.1, -0.05) is 13.8 Å².